The summed E-state index contributed by atoms with van der Waals surface area (Å²) in [5.74, 6) is 1.17. The monoisotopic (exact) mass is 254 g/mol. The molecular formula is C13H22N2O3. The standard InChI is InChI=1S/C13H22N2O3/c1-9(2)11-6-10(18-14-11)7-15-5-4-13(3,17)12(16)8-15/h6,9,12,16-17H,4-5,7-8H2,1-3H3. The number of likely N-dealkylation sites (tertiary alicyclic amines) is 1. The normalized spacial score (nSPS) is 30.0. The molecule has 1 saturated heterocycles. The van der Waals surface area contributed by atoms with Crippen molar-refractivity contribution in [1.82, 2.24) is 10.1 Å². The smallest absolute Gasteiger partial charge is 0.150 e. The molecule has 2 heterocycles. The van der Waals surface area contributed by atoms with E-state index < -0.39 is 11.7 Å². The van der Waals surface area contributed by atoms with Gasteiger partial charge in [0.1, 0.15) is 0 Å². The van der Waals surface area contributed by atoms with E-state index in [-0.39, 0.29) is 0 Å². The zero-order valence-corrected chi connectivity index (χ0v) is 11.3. The molecule has 0 bridgehead atoms. The number of β-amino-alcohol motifs (C(OH)–C–C–N with tert-alkyl or cyclic N) is 1. The molecule has 0 saturated carbocycles. The number of nitrogens with zero attached hydrogens (tertiary/aromatic N) is 2. The largest absolute Gasteiger partial charge is 0.389 e. The third-order valence-electron chi connectivity index (χ3n) is 3.63. The fraction of sp³-hybridized carbons (Fsp3) is 0.769. The Kier molecular flexibility index (Phi) is 3.75. The van der Waals surface area contributed by atoms with Gasteiger partial charge >= 0.3 is 0 Å². The van der Waals surface area contributed by atoms with Gasteiger partial charge < -0.3 is 14.7 Å². The predicted octanol–water partition coefficient (Wildman–Crippen LogP) is 1.12. The summed E-state index contributed by atoms with van der Waals surface area (Å²) in [5, 5.41) is 23.7. The van der Waals surface area contributed by atoms with Crippen LogP contribution in [0.15, 0.2) is 10.6 Å². The van der Waals surface area contributed by atoms with Gasteiger partial charge in [-0.2, -0.15) is 0 Å². The maximum Gasteiger partial charge on any atom is 0.150 e. The fourth-order valence-electron chi connectivity index (χ4n) is 2.12. The van der Waals surface area contributed by atoms with Gasteiger partial charge in [0.25, 0.3) is 0 Å². The molecule has 1 fully saturated rings. The second-order valence-corrected chi connectivity index (χ2v) is 5.73. The van der Waals surface area contributed by atoms with Crippen molar-refractivity contribution in [2.45, 2.75) is 51.4 Å². The van der Waals surface area contributed by atoms with Crippen LogP contribution in [0, 0.1) is 0 Å². The van der Waals surface area contributed by atoms with E-state index in [2.05, 4.69) is 23.9 Å². The molecule has 1 aromatic rings. The molecule has 2 atom stereocenters. The summed E-state index contributed by atoms with van der Waals surface area (Å²) in [6.07, 6.45) is -0.141. The van der Waals surface area contributed by atoms with Crippen LogP contribution < -0.4 is 0 Å². The summed E-state index contributed by atoms with van der Waals surface area (Å²) >= 11 is 0. The van der Waals surface area contributed by atoms with Crippen LogP contribution in [0.25, 0.3) is 0 Å². The van der Waals surface area contributed by atoms with Gasteiger partial charge in [0, 0.05) is 19.2 Å². The highest BCUT2D eigenvalue weighted by molar-refractivity contribution is 5.09. The number of hydrogen-bond donors (Lipinski definition) is 2. The lowest BCUT2D eigenvalue weighted by molar-refractivity contribution is -0.109. The second-order valence-electron chi connectivity index (χ2n) is 5.73. The lowest BCUT2D eigenvalue weighted by Crippen LogP contribution is -2.53. The van der Waals surface area contributed by atoms with E-state index >= 15 is 0 Å². The Bertz CT molecular complexity index is 401. The first-order chi connectivity index (χ1) is 8.38. The van der Waals surface area contributed by atoms with Gasteiger partial charge in [-0.25, -0.2) is 0 Å². The van der Waals surface area contributed by atoms with Gasteiger partial charge in [-0.05, 0) is 19.3 Å². The number of hydrogen-bond acceptors (Lipinski definition) is 5. The topological polar surface area (TPSA) is 69.7 Å². The minimum atomic E-state index is -0.971. The summed E-state index contributed by atoms with van der Waals surface area (Å²) in [6, 6.07) is 1.96. The first-order valence-electron chi connectivity index (χ1n) is 6.47. The number of aliphatic hydroxyl groups excluding tert-OH is 1. The number of piperidine rings is 1. The van der Waals surface area contributed by atoms with Crippen LogP contribution in [-0.2, 0) is 6.54 Å². The molecule has 0 amide bonds. The van der Waals surface area contributed by atoms with Crippen molar-refractivity contribution in [3.63, 3.8) is 0 Å². The molecular weight excluding hydrogens is 232 g/mol. The van der Waals surface area contributed by atoms with Crippen molar-refractivity contribution in [1.29, 1.82) is 0 Å². The van der Waals surface area contributed by atoms with Crippen LogP contribution in [0.5, 0.6) is 0 Å². The summed E-state index contributed by atoms with van der Waals surface area (Å²) in [7, 11) is 0. The summed E-state index contributed by atoms with van der Waals surface area (Å²) in [5.41, 5.74) is -0.0179. The maximum absolute atomic E-state index is 9.89. The Morgan fingerprint density at radius 3 is 2.89 bits per heavy atom. The molecule has 2 N–H and O–H groups in total. The van der Waals surface area contributed by atoms with Gasteiger partial charge in [0.2, 0.25) is 0 Å². The van der Waals surface area contributed by atoms with Gasteiger partial charge in [-0.15, -0.1) is 0 Å². The summed E-state index contributed by atoms with van der Waals surface area (Å²) in [6.45, 7) is 7.67. The Hall–Kier alpha value is -0.910. The molecule has 2 rings (SSSR count). The van der Waals surface area contributed by atoms with Gasteiger partial charge in [-0.3, -0.25) is 4.90 Å². The molecule has 5 nitrogen and oxygen atoms in total. The van der Waals surface area contributed by atoms with Crippen LogP contribution in [0.2, 0.25) is 0 Å². The maximum atomic E-state index is 9.89. The van der Waals surface area contributed by atoms with E-state index in [1.807, 2.05) is 6.07 Å². The predicted molar refractivity (Wildman–Crippen MR) is 67.1 cm³/mol. The van der Waals surface area contributed by atoms with Gasteiger partial charge in [-0.1, -0.05) is 19.0 Å². The average molecular weight is 254 g/mol. The average Bonchev–Trinajstić information content (AvgIpc) is 2.73. The zero-order chi connectivity index (χ0) is 13.3. The Balaban J connectivity index is 1.94. The lowest BCUT2D eigenvalue weighted by atomic mass is 9.91. The van der Waals surface area contributed by atoms with Crippen molar-refractivity contribution in [2.24, 2.45) is 0 Å². The van der Waals surface area contributed by atoms with Crippen molar-refractivity contribution >= 4 is 0 Å². The first-order valence-corrected chi connectivity index (χ1v) is 6.47. The Labute approximate surface area is 107 Å². The van der Waals surface area contributed by atoms with E-state index in [0.717, 1.165) is 18.0 Å². The molecule has 18 heavy (non-hydrogen) atoms. The fourth-order valence-corrected chi connectivity index (χ4v) is 2.12. The van der Waals surface area contributed by atoms with Crippen molar-refractivity contribution < 1.29 is 14.7 Å². The Morgan fingerprint density at radius 1 is 1.61 bits per heavy atom. The highest BCUT2D eigenvalue weighted by atomic mass is 16.5. The van der Waals surface area contributed by atoms with Crippen LogP contribution in [-0.4, -0.2) is 45.1 Å². The van der Waals surface area contributed by atoms with Gasteiger partial charge in [0.05, 0.1) is 23.9 Å². The third kappa shape index (κ3) is 2.91. The first kappa shape index (κ1) is 13.5. The zero-order valence-electron chi connectivity index (χ0n) is 11.3. The molecule has 1 aliphatic heterocycles. The van der Waals surface area contributed by atoms with E-state index in [1.54, 1.807) is 6.92 Å². The molecule has 1 aromatic heterocycles. The van der Waals surface area contributed by atoms with Crippen LogP contribution in [0.1, 0.15) is 44.6 Å². The SMILES string of the molecule is CC(C)c1cc(CN2CCC(C)(O)C(O)C2)on1. The van der Waals surface area contributed by atoms with Crippen molar-refractivity contribution in [3.05, 3.63) is 17.5 Å². The lowest BCUT2D eigenvalue weighted by Gasteiger charge is -2.39. The van der Waals surface area contributed by atoms with E-state index in [4.69, 9.17) is 4.52 Å². The number of rotatable bonds is 3. The van der Waals surface area contributed by atoms with Gasteiger partial charge in [0.15, 0.2) is 5.76 Å². The quantitative estimate of drug-likeness (QED) is 0.845. The molecule has 0 radical (unpaired) electrons. The molecule has 0 aromatic carbocycles. The third-order valence-corrected chi connectivity index (χ3v) is 3.63. The summed E-state index contributed by atoms with van der Waals surface area (Å²) < 4.78 is 5.28. The number of aromatic nitrogens is 1. The molecule has 5 heteroatoms. The molecule has 2 unspecified atom stereocenters. The Morgan fingerprint density at radius 2 is 2.33 bits per heavy atom. The minimum absolute atomic E-state index is 0.357. The van der Waals surface area contributed by atoms with E-state index in [0.29, 0.717) is 25.4 Å². The van der Waals surface area contributed by atoms with Crippen molar-refractivity contribution in [3.8, 4) is 0 Å². The molecule has 102 valence electrons. The van der Waals surface area contributed by atoms with E-state index in [1.165, 1.54) is 0 Å². The highest BCUT2D eigenvalue weighted by Crippen LogP contribution is 2.23. The second kappa shape index (κ2) is 4.99. The highest BCUT2D eigenvalue weighted by Gasteiger charge is 2.36. The van der Waals surface area contributed by atoms with Crippen LogP contribution in [0.4, 0.5) is 0 Å². The number of aliphatic hydroxyl groups is 2. The summed E-state index contributed by atoms with van der Waals surface area (Å²) in [4.78, 5) is 2.08. The minimum Gasteiger partial charge on any atom is -0.389 e. The molecule has 0 aliphatic carbocycles. The van der Waals surface area contributed by atoms with Crippen LogP contribution in [0.3, 0.4) is 0 Å². The molecule has 0 spiro atoms. The van der Waals surface area contributed by atoms with Crippen molar-refractivity contribution in [2.75, 3.05) is 13.1 Å². The molecule has 1 aliphatic rings. The van der Waals surface area contributed by atoms with E-state index in [9.17, 15) is 10.2 Å². The van der Waals surface area contributed by atoms with Crippen LogP contribution >= 0.6 is 0 Å².